The third kappa shape index (κ3) is 3.82. The molecule has 0 aliphatic heterocycles. The van der Waals surface area contributed by atoms with E-state index in [4.69, 9.17) is 0 Å². The first-order chi connectivity index (χ1) is 24.8. The number of allylic oxidation sites excluding steroid dienone is 4. The predicted octanol–water partition coefficient (Wildman–Crippen LogP) is 14.2. The minimum atomic E-state index is 1.07. The summed E-state index contributed by atoms with van der Waals surface area (Å²) in [5.74, 6) is 0. The number of fused-ring (bicyclic) bond motifs is 7. The fraction of sp³-hybridized carbons (Fsp3) is 0.0400. The van der Waals surface area contributed by atoms with E-state index in [9.17, 15) is 0 Å². The molecule has 0 saturated carbocycles. The first-order valence-electron chi connectivity index (χ1n) is 17.8. The minimum absolute atomic E-state index is 1.07. The van der Waals surface area contributed by atoms with Gasteiger partial charge in [-0.1, -0.05) is 158 Å². The van der Waals surface area contributed by atoms with Crippen LogP contribution in [0.25, 0.3) is 104 Å². The molecule has 50 heavy (non-hydrogen) atoms. The molecule has 0 bridgehead atoms. The number of rotatable bonds is 4. The first-order valence-corrected chi connectivity index (χ1v) is 17.8. The molecule has 0 heterocycles. The Hall–Kier alpha value is -6.24. The lowest BCUT2D eigenvalue weighted by Gasteiger charge is -2.20. The summed E-state index contributed by atoms with van der Waals surface area (Å²) in [4.78, 5) is 0. The Morgan fingerprint density at radius 2 is 0.960 bits per heavy atom. The highest BCUT2D eigenvalue weighted by molar-refractivity contribution is 6.48. The first kappa shape index (κ1) is 27.7. The standard InChI is InChI=1S/C50H32/c1-4-15-31(16-5-1)36-25-14-26-37(32-17-6-2-7-18-32)45(36)35-29-42-38-23-10-11-24-39(38)48-47(42)43(30-35)46(34-19-8-3-9-20-34)49-40-27-12-21-33-22-13-28-41(44(33)40)50(48)49/h1,3-6,8-30H,2,7H2. The van der Waals surface area contributed by atoms with Gasteiger partial charge < -0.3 is 0 Å². The Labute approximate surface area is 290 Å². The number of benzene rings is 8. The van der Waals surface area contributed by atoms with Crippen molar-refractivity contribution in [3.05, 3.63) is 175 Å². The monoisotopic (exact) mass is 632 g/mol. The van der Waals surface area contributed by atoms with Crippen LogP contribution in [0.15, 0.2) is 170 Å². The molecular weight excluding hydrogens is 601 g/mol. The highest BCUT2D eigenvalue weighted by atomic mass is 14.3. The molecule has 1 aliphatic rings. The van der Waals surface area contributed by atoms with Crippen LogP contribution in [-0.4, -0.2) is 0 Å². The van der Waals surface area contributed by atoms with Crippen LogP contribution in [0.1, 0.15) is 18.4 Å². The van der Waals surface area contributed by atoms with Gasteiger partial charge in [0, 0.05) is 0 Å². The Bertz CT molecular complexity index is 2990. The predicted molar refractivity (Wildman–Crippen MR) is 217 cm³/mol. The SMILES string of the molecule is C1=CC(c2cccc(-c3ccccc3)c2-c2cc3c(-c4ccccc4)c4c5cccc6cccc(c65)c4c4c5ccccc5c(c2)c34)=CCC1. The van der Waals surface area contributed by atoms with Gasteiger partial charge in [0.2, 0.25) is 0 Å². The lowest BCUT2D eigenvalue weighted by atomic mass is 9.83. The smallest absolute Gasteiger partial charge is 0.000697 e. The fourth-order valence-electron chi connectivity index (χ4n) is 9.16. The van der Waals surface area contributed by atoms with E-state index in [1.807, 2.05) is 0 Å². The van der Waals surface area contributed by atoms with E-state index in [-0.39, 0.29) is 0 Å². The molecule has 232 valence electrons. The van der Waals surface area contributed by atoms with Gasteiger partial charge in [-0.05, 0) is 134 Å². The highest BCUT2D eigenvalue weighted by Crippen LogP contribution is 2.54. The van der Waals surface area contributed by atoms with Crippen molar-refractivity contribution in [1.82, 2.24) is 0 Å². The van der Waals surface area contributed by atoms with E-state index in [0.717, 1.165) is 12.8 Å². The summed E-state index contributed by atoms with van der Waals surface area (Å²) in [5.41, 5.74) is 10.2. The van der Waals surface area contributed by atoms with Crippen molar-refractivity contribution in [1.29, 1.82) is 0 Å². The van der Waals surface area contributed by atoms with Crippen molar-refractivity contribution < 1.29 is 0 Å². The summed E-state index contributed by atoms with van der Waals surface area (Å²) in [6.45, 7) is 0. The molecule has 11 rings (SSSR count). The lowest BCUT2D eigenvalue weighted by molar-refractivity contribution is 1.04. The molecule has 0 nitrogen and oxygen atoms in total. The molecule has 10 aromatic carbocycles. The van der Waals surface area contributed by atoms with E-state index in [1.165, 1.54) is 109 Å². The quantitative estimate of drug-likeness (QED) is 0.181. The molecule has 0 fully saturated rings. The molecule has 0 aromatic heterocycles. The van der Waals surface area contributed by atoms with Crippen molar-refractivity contribution in [2.75, 3.05) is 0 Å². The summed E-state index contributed by atoms with van der Waals surface area (Å²) in [7, 11) is 0. The van der Waals surface area contributed by atoms with Crippen molar-refractivity contribution in [3.63, 3.8) is 0 Å². The Morgan fingerprint density at radius 1 is 0.340 bits per heavy atom. The van der Waals surface area contributed by atoms with Crippen LogP contribution in [0.4, 0.5) is 0 Å². The van der Waals surface area contributed by atoms with Crippen LogP contribution >= 0.6 is 0 Å². The summed E-state index contributed by atoms with van der Waals surface area (Å²) >= 11 is 0. The summed E-state index contributed by atoms with van der Waals surface area (Å²) in [5, 5.41) is 16.1. The minimum Gasteiger partial charge on any atom is -0.0836 e. The van der Waals surface area contributed by atoms with Gasteiger partial charge in [0.25, 0.3) is 0 Å². The van der Waals surface area contributed by atoms with E-state index in [2.05, 4.69) is 170 Å². The van der Waals surface area contributed by atoms with Crippen LogP contribution in [0.3, 0.4) is 0 Å². The molecule has 1 aliphatic carbocycles. The average Bonchev–Trinajstić information content (AvgIpc) is 3.70. The molecule has 0 heteroatoms. The zero-order chi connectivity index (χ0) is 32.8. The second-order valence-corrected chi connectivity index (χ2v) is 13.8. The van der Waals surface area contributed by atoms with Gasteiger partial charge in [-0.3, -0.25) is 0 Å². The van der Waals surface area contributed by atoms with Gasteiger partial charge >= 0.3 is 0 Å². The van der Waals surface area contributed by atoms with E-state index in [0.29, 0.717) is 0 Å². The number of hydrogen-bond acceptors (Lipinski definition) is 0. The Kier molecular flexibility index (Phi) is 5.89. The van der Waals surface area contributed by atoms with Gasteiger partial charge in [-0.15, -0.1) is 0 Å². The van der Waals surface area contributed by atoms with Crippen LogP contribution in [0.5, 0.6) is 0 Å². The number of hydrogen-bond donors (Lipinski definition) is 0. The van der Waals surface area contributed by atoms with Gasteiger partial charge in [0.05, 0.1) is 0 Å². The van der Waals surface area contributed by atoms with Crippen molar-refractivity contribution in [2.24, 2.45) is 0 Å². The Morgan fingerprint density at radius 3 is 1.72 bits per heavy atom. The van der Waals surface area contributed by atoms with Crippen LogP contribution in [0, 0.1) is 0 Å². The second-order valence-electron chi connectivity index (χ2n) is 13.8. The molecule has 0 radical (unpaired) electrons. The summed E-state index contributed by atoms with van der Waals surface area (Å²) in [6.07, 6.45) is 9.23. The maximum Gasteiger partial charge on any atom is -0.000697 e. The zero-order valence-corrected chi connectivity index (χ0v) is 27.6. The molecule has 0 saturated heterocycles. The van der Waals surface area contributed by atoms with Gasteiger partial charge in [-0.2, -0.15) is 0 Å². The van der Waals surface area contributed by atoms with Crippen molar-refractivity contribution >= 4 is 70.2 Å². The van der Waals surface area contributed by atoms with Crippen LogP contribution < -0.4 is 0 Å². The molecule has 0 unspecified atom stereocenters. The topological polar surface area (TPSA) is 0 Å². The maximum absolute atomic E-state index is 2.53. The van der Waals surface area contributed by atoms with Crippen molar-refractivity contribution in [2.45, 2.75) is 12.8 Å². The lowest BCUT2D eigenvalue weighted by Crippen LogP contribution is -1.95. The normalized spacial score (nSPS) is 13.5. The van der Waals surface area contributed by atoms with Gasteiger partial charge in [0.1, 0.15) is 0 Å². The van der Waals surface area contributed by atoms with E-state index >= 15 is 0 Å². The Balaban J connectivity index is 1.40. The average molecular weight is 633 g/mol. The summed E-state index contributed by atoms with van der Waals surface area (Å²) in [6, 6.07) is 56.7. The summed E-state index contributed by atoms with van der Waals surface area (Å²) < 4.78 is 0. The molecule has 0 atom stereocenters. The molecule has 0 spiro atoms. The van der Waals surface area contributed by atoms with E-state index in [1.54, 1.807) is 0 Å². The van der Waals surface area contributed by atoms with Crippen LogP contribution in [-0.2, 0) is 0 Å². The molecular formula is C50H32. The molecule has 10 aromatic rings. The van der Waals surface area contributed by atoms with Gasteiger partial charge in [0.15, 0.2) is 0 Å². The molecule has 0 N–H and O–H groups in total. The zero-order valence-electron chi connectivity index (χ0n) is 27.6. The maximum atomic E-state index is 2.53. The second kappa shape index (κ2) is 10.6. The van der Waals surface area contributed by atoms with E-state index < -0.39 is 0 Å². The third-order valence-corrected chi connectivity index (χ3v) is 11.1. The fourth-order valence-corrected chi connectivity index (χ4v) is 9.16. The molecule has 0 amide bonds. The van der Waals surface area contributed by atoms with Crippen molar-refractivity contribution in [3.8, 4) is 33.4 Å². The third-order valence-electron chi connectivity index (χ3n) is 11.1. The highest BCUT2D eigenvalue weighted by Gasteiger charge is 2.26. The van der Waals surface area contributed by atoms with Gasteiger partial charge in [-0.25, -0.2) is 0 Å². The largest absolute Gasteiger partial charge is 0.0836 e. The van der Waals surface area contributed by atoms with Crippen LogP contribution in [0.2, 0.25) is 0 Å².